The Morgan fingerprint density at radius 3 is 2.53 bits per heavy atom. The normalized spacial score (nSPS) is 9.53. The van der Waals surface area contributed by atoms with Crippen LogP contribution in [0.1, 0.15) is 12.6 Å². The quantitative estimate of drug-likeness (QED) is 0.863. The van der Waals surface area contributed by atoms with Crippen molar-refractivity contribution in [1.29, 1.82) is 0 Å². The molecule has 2 heterocycles. The average Bonchev–Trinajstić information content (AvgIpc) is 2.29. The van der Waals surface area contributed by atoms with E-state index in [1.807, 2.05) is 6.92 Å². The fourth-order valence-corrected chi connectivity index (χ4v) is 1.26. The number of halogens is 1. The van der Waals surface area contributed by atoms with Gasteiger partial charge in [-0.25, -0.2) is 9.37 Å². The van der Waals surface area contributed by atoms with Crippen LogP contribution in [-0.2, 0) is 0 Å². The maximum absolute atomic E-state index is 13.0. The molecule has 0 fully saturated rings. The number of rotatable bonds is 2. The third-order valence-corrected chi connectivity index (χ3v) is 2.07. The van der Waals surface area contributed by atoms with Crippen LogP contribution in [0.15, 0.2) is 37.4 Å². The van der Waals surface area contributed by atoms with E-state index >= 15 is 0 Å². The van der Waals surface area contributed by atoms with Crippen molar-refractivity contribution in [2.75, 3.05) is 0 Å². The summed E-state index contributed by atoms with van der Waals surface area (Å²) < 4.78 is 13.0. The third-order valence-electron chi connectivity index (χ3n) is 2.07. The van der Waals surface area contributed by atoms with Crippen LogP contribution in [-0.4, -0.2) is 15.0 Å². The molecule has 0 saturated carbocycles. The van der Waals surface area contributed by atoms with Crippen LogP contribution in [0.2, 0.25) is 0 Å². The zero-order valence-corrected chi connectivity index (χ0v) is 9.52. The van der Waals surface area contributed by atoms with Gasteiger partial charge in [-0.2, -0.15) is 0 Å². The average molecular weight is 232 g/mol. The molecule has 0 spiro atoms. The molecule has 0 amide bonds. The van der Waals surface area contributed by atoms with E-state index in [0.29, 0.717) is 17.0 Å². The third kappa shape index (κ3) is 2.92. The van der Waals surface area contributed by atoms with Gasteiger partial charge < -0.3 is 6.15 Å². The van der Waals surface area contributed by atoms with Crippen LogP contribution in [0.4, 0.5) is 4.39 Å². The number of nitrogens with zero attached hydrogens (tertiary/aromatic N) is 3. The highest BCUT2D eigenvalue weighted by molar-refractivity contribution is 5.62. The molecular weight excluding hydrogens is 219 g/mol. The van der Waals surface area contributed by atoms with E-state index in [4.69, 9.17) is 0 Å². The summed E-state index contributed by atoms with van der Waals surface area (Å²) >= 11 is 0. The Bertz CT molecular complexity index is 540. The first-order chi connectivity index (χ1) is 7.66. The predicted molar refractivity (Wildman–Crippen MR) is 65.0 cm³/mol. The molecule has 0 atom stereocenters. The summed E-state index contributed by atoms with van der Waals surface area (Å²) in [5, 5.41) is 0. The Labute approximate surface area is 98.9 Å². The topological polar surface area (TPSA) is 73.7 Å². The van der Waals surface area contributed by atoms with Gasteiger partial charge in [-0.15, -0.1) is 0 Å². The summed E-state index contributed by atoms with van der Waals surface area (Å²) in [6.45, 7) is 5.63. The monoisotopic (exact) mass is 232 g/mol. The molecule has 0 unspecified atom stereocenters. The second-order valence-corrected chi connectivity index (χ2v) is 3.46. The second-order valence-electron chi connectivity index (χ2n) is 3.46. The van der Waals surface area contributed by atoms with Crippen LogP contribution >= 0.6 is 0 Å². The van der Waals surface area contributed by atoms with Crippen molar-refractivity contribution in [1.82, 2.24) is 21.1 Å². The molecule has 17 heavy (non-hydrogen) atoms. The van der Waals surface area contributed by atoms with Gasteiger partial charge in [-0.1, -0.05) is 6.58 Å². The van der Waals surface area contributed by atoms with Crippen LogP contribution < -0.4 is 6.15 Å². The van der Waals surface area contributed by atoms with Gasteiger partial charge in [0.1, 0.15) is 5.82 Å². The molecule has 0 aromatic carbocycles. The SMILES string of the molecule is C=C(C)c1cncc(-c2cncc(F)c2)n1.N. The molecule has 2 aromatic rings. The standard InChI is InChI=1S/C12H10FN3.H3N/c1-8(2)11-6-15-7-12(16-11)9-3-10(13)5-14-4-9;/h3-7H,1H2,2H3;1H3. The van der Waals surface area contributed by atoms with Crippen LogP contribution in [0.3, 0.4) is 0 Å². The summed E-state index contributed by atoms with van der Waals surface area (Å²) in [4.78, 5) is 12.1. The molecule has 4 nitrogen and oxygen atoms in total. The van der Waals surface area contributed by atoms with Crippen LogP contribution in [0.25, 0.3) is 16.8 Å². The molecule has 2 rings (SSSR count). The van der Waals surface area contributed by atoms with E-state index in [-0.39, 0.29) is 12.0 Å². The number of hydrogen-bond donors (Lipinski definition) is 1. The minimum absolute atomic E-state index is 0. The van der Waals surface area contributed by atoms with Crippen LogP contribution in [0.5, 0.6) is 0 Å². The molecule has 0 aliphatic carbocycles. The maximum atomic E-state index is 13.0. The number of allylic oxidation sites excluding steroid dienone is 1. The lowest BCUT2D eigenvalue weighted by atomic mass is 10.2. The number of hydrogen-bond acceptors (Lipinski definition) is 4. The van der Waals surface area contributed by atoms with Gasteiger partial charge >= 0.3 is 0 Å². The number of pyridine rings is 1. The molecular formula is C12H13FN4. The molecule has 0 saturated heterocycles. The second kappa shape index (κ2) is 5.27. The van der Waals surface area contributed by atoms with E-state index in [1.165, 1.54) is 6.07 Å². The molecule has 0 aliphatic rings. The van der Waals surface area contributed by atoms with Crippen molar-refractivity contribution < 1.29 is 4.39 Å². The lowest BCUT2D eigenvalue weighted by Gasteiger charge is -2.03. The number of aromatic nitrogens is 3. The van der Waals surface area contributed by atoms with Gasteiger partial charge in [0.15, 0.2) is 0 Å². The van der Waals surface area contributed by atoms with Gasteiger partial charge in [0.2, 0.25) is 0 Å². The summed E-state index contributed by atoms with van der Waals surface area (Å²) in [6.07, 6.45) is 5.90. The lowest BCUT2D eigenvalue weighted by Crippen LogP contribution is -1.92. The first-order valence-electron chi connectivity index (χ1n) is 4.75. The Kier molecular flexibility index (Phi) is 4.01. The zero-order valence-electron chi connectivity index (χ0n) is 9.52. The van der Waals surface area contributed by atoms with Gasteiger partial charge in [0, 0.05) is 11.8 Å². The Morgan fingerprint density at radius 2 is 1.88 bits per heavy atom. The van der Waals surface area contributed by atoms with Crippen molar-refractivity contribution in [3.05, 3.63) is 48.9 Å². The molecule has 0 aliphatic heterocycles. The van der Waals surface area contributed by atoms with Crippen molar-refractivity contribution in [3.8, 4) is 11.3 Å². The fraction of sp³-hybridized carbons (Fsp3) is 0.0833. The van der Waals surface area contributed by atoms with E-state index in [0.717, 1.165) is 11.8 Å². The van der Waals surface area contributed by atoms with E-state index in [2.05, 4.69) is 21.5 Å². The van der Waals surface area contributed by atoms with E-state index in [1.54, 1.807) is 18.6 Å². The highest BCUT2D eigenvalue weighted by Gasteiger charge is 2.04. The van der Waals surface area contributed by atoms with Gasteiger partial charge in [0.25, 0.3) is 0 Å². The predicted octanol–water partition coefficient (Wildman–Crippen LogP) is 2.87. The molecule has 5 heteroatoms. The molecule has 3 N–H and O–H groups in total. The van der Waals surface area contributed by atoms with Crippen molar-refractivity contribution in [2.24, 2.45) is 0 Å². The van der Waals surface area contributed by atoms with E-state index in [9.17, 15) is 4.39 Å². The summed E-state index contributed by atoms with van der Waals surface area (Å²) in [7, 11) is 0. The first-order valence-corrected chi connectivity index (χ1v) is 4.75. The summed E-state index contributed by atoms with van der Waals surface area (Å²) in [5.41, 5.74) is 2.71. The van der Waals surface area contributed by atoms with Crippen molar-refractivity contribution in [3.63, 3.8) is 0 Å². The summed E-state index contributed by atoms with van der Waals surface area (Å²) in [5.74, 6) is -0.389. The molecule has 88 valence electrons. The Hall–Kier alpha value is -2.14. The van der Waals surface area contributed by atoms with E-state index < -0.39 is 0 Å². The zero-order chi connectivity index (χ0) is 11.5. The van der Waals surface area contributed by atoms with Gasteiger partial charge in [0.05, 0.1) is 30.0 Å². The highest BCUT2D eigenvalue weighted by Crippen LogP contribution is 2.17. The minimum Gasteiger partial charge on any atom is -0.344 e. The van der Waals surface area contributed by atoms with Crippen molar-refractivity contribution in [2.45, 2.75) is 6.92 Å². The molecule has 2 aromatic heterocycles. The largest absolute Gasteiger partial charge is 0.344 e. The smallest absolute Gasteiger partial charge is 0.142 e. The lowest BCUT2D eigenvalue weighted by molar-refractivity contribution is 0.622. The first kappa shape index (κ1) is 12.9. The maximum Gasteiger partial charge on any atom is 0.142 e. The Balaban J connectivity index is 0.00000144. The highest BCUT2D eigenvalue weighted by atomic mass is 19.1. The minimum atomic E-state index is -0.389. The molecule has 0 radical (unpaired) electrons. The van der Waals surface area contributed by atoms with Gasteiger partial charge in [-0.05, 0) is 18.6 Å². The summed E-state index contributed by atoms with van der Waals surface area (Å²) in [6, 6.07) is 1.37. The van der Waals surface area contributed by atoms with Crippen molar-refractivity contribution >= 4 is 5.57 Å². The molecule has 0 bridgehead atoms. The van der Waals surface area contributed by atoms with Gasteiger partial charge in [-0.3, -0.25) is 9.97 Å². The Morgan fingerprint density at radius 1 is 1.18 bits per heavy atom. The van der Waals surface area contributed by atoms with Crippen LogP contribution in [0, 0.1) is 5.82 Å². The fourth-order valence-electron chi connectivity index (χ4n) is 1.26.